The van der Waals surface area contributed by atoms with E-state index in [1.807, 2.05) is 0 Å². The van der Waals surface area contributed by atoms with Gasteiger partial charge in [-0.15, -0.1) is 0 Å². The Morgan fingerprint density at radius 3 is 1.44 bits per heavy atom. The lowest BCUT2D eigenvalue weighted by Gasteiger charge is -1.59. The van der Waals surface area contributed by atoms with Crippen molar-refractivity contribution in [1.29, 1.82) is 0 Å². The Bertz CT molecular complexity index is 60.8. The second kappa shape index (κ2) is 28.8. The van der Waals surface area contributed by atoms with Gasteiger partial charge >= 0.3 is 0 Å². The SMILES string of the molecule is CC(=O)O.N.N.O=CO. The third-order valence-corrected chi connectivity index (χ3v) is 0. The number of carbonyl (C=O) groups is 2. The molecule has 0 aromatic carbocycles. The molecule has 0 aliphatic rings. The van der Waals surface area contributed by atoms with Gasteiger partial charge in [0.05, 0.1) is 0 Å². The van der Waals surface area contributed by atoms with E-state index in [0.29, 0.717) is 0 Å². The lowest BCUT2D eigenvalue weighted by Crippen LogP contribution is -1.78. The van der Waals surface area contributed by atoms with Crippen LogP contribution >= 0.6 is 0 Å². The Balaban J connectivity index is -0.0000000233. The van der Waals surface area contributed by atoms with Crippen molar-refractivity contribution >= 4 is 12.4 Å². The highest BCUT2D eigenvalue weighted by molar-refractivity contribution is 5.62. The van der Waals surface area contributed by atoms with Crippen molar-refractivity contribution in [1.82, 2.24) is 12.3 Å². The van der Waals surface area contributed by atoms with E-state index in [9.17, 15) is 0 Å². The summed E-state index contributed by atoms with van der Waals surface area (Å²) in [7, 11) is 0. The molecule has 0 unspecified atom stereocenters. The average Bonchev–Trinajstić information content (AvgIpc) is 1.33. The van der Waals surface area contributed by atoms with Crippen LogP contribution in [0, 0.1) is 0 Å². The van der Waals surface area contributed by atoms with Crippen molar-refractivity contribution in [2.75, 3.05) is 0 Å². The summed E-state index contributed by atoms with van der Waals surface area (Å²) >= 11 is 0. The maximum atomic E-state index is 9.00. The number of rotatable bonds is 0. The van der Waals surface area contributed by atoms with Crippen molar-refractivity contribution in [3.63, 3.8) is 0 Å². The van der Waals surface area contributed by atoms with E-state index < -0.39 is 5.97 Å². The van der Waals surface area contributed by atoms with Gasteiger partial charge in [-0.2, -0.15) is 0 Å². The molecule has 9 heavy (non-hydrogen) atoms. The summed E-state index contributed by atoms with van der Waals surface area (Å²) < 4.78 is 0. The summed E-state index contributed by atoms with van der Waals surface area (Å²) in [6, 6.07) is 0. The molecule has 0 aliphatic heterocycles. The van der Waals surface area contributed by atoms with Crippen molar-refractivity contribution in [2.24, 2.45) is 0 Å². The molecule has 0 aromatic heterocycles. The molecule has 6 nitrogen and oxygen atoms in total. The first-order chi connectivity index (χ1) is 3.15. The first kappa shape index (κ1) is 24.8. The quantitative estimate of drug-likeness (QED) is 0.351. The number of aliphatic carboxylic acids is 1. The molecule has 0 heterocycles. The molecular formula is C3H12N2O4. The van der Waals surface area contributed by atoms with Crippen LogP contribution in [0.4, 0.5) is 0 Å². The Kier molecular flexibility index (Phi) is 79.4. The Hall–Kier alpha value is -1.14. The Labute approximate surface area is 52.7 Å². The maximum Gasteiger partial charge on any atom is 0.300 e. The summed E-state index contributed by atoms with van der Waals surface area (Å²) in [6.45, 7) is 0.833. The molecule has 0 bridgehead atoms. The molecule has 0 fully saturated rings. The minimum absolute atomic E-state index is 0. The second-order valence-corrected chi connectivity index (χ2v) is 0.624. The molecule has 8 N–H and O–H groups in total. The molecule has 0 amide bonds. The molecule has 58 valence electrons. The molecule has 0 rings (SSSR count). The van der Waals surface area contributed by atoms with Crippen LogP contribution in [-0.2, 0) is 9.59 Å². The van der Waals surface area contributed by atoms with Gasteiger partial charge in [0.1, 0.15) is 0 Å². The smallest absolute Gasteiger partial charge is 0.300 e. The van der Waals surface area contributed by atoms with Crippen LogP contribution in [-0.4, -0.2) is 22.7 Å². The van der Waals surface area contributed by atoms with Gasteiger partial charge in [0.25, 0.3) is 12.4 Å². The van der Waals surface area contributed by atoms with E-state index in [1.165, 1.54) is 0 Å². The standard InChI is InChI=1S/C2H4O2.CH2O2.2H3N/c1-2(3)4;2-1-3;;/h1H3,(H,3,4);1H,(H,2,3);2*1H3. The van der Waals surface area contributed by atoms with Crippen molar-refractivity contribution in [2.45, 2.75) is 6.92 Å². The van der Waals surface area contributed by atoms with Crippen LogP contribution < -0.4 is 12.3 Å². The highest BCUT2D eigenvalue weighted by atomic mass is 16.4. The molecular weight excluding hydrogens is 128 g/mol. The molecule has 6 heteroatoms. The van der Waals surface area contributed by atoms with Gasteiger partial charge in [-0.1, -0.05) is 0 Å². The second-order valence-electron chi connectivity index (χ2n) is 0.624. The number of hydrogen-bond donors (Lipinski definition) is 4. The zero-order valence-electron chi connectivity index (χ0n) is 5.20. The van der Waals surface area contributed by atoms with E-state index >= 15 is 0 Å². The number of hydrogen-bond acceptors (Lipinski definition) is 4. The predicted molar refractivity (Wildman–Crippen MR) is 32.0 cm³/mol. The van der Waals surface area contributed by atoms with Crippen LogP contribution in [0.3, 0.4) is 0 Å². The summed E-state index contributed by atoms with van der Waals surface area (Å²) in [5.74, 6) is -0.833. The van der Waals surface area contributed by atoms with Crippen LogP contribution in [0.5, 0.6) is 0 Å². The van der Waals surface area contributed by atoms with E-state index in [2.05, 4.69) is 0 Å². The molecule has 0 saturated carbocycles. The minimum atomic E-state index is -0.833. The Morgan fingerprint density at radius 2 is 1.44 bits per heavy atom. The number of carboxylic acids is 1. The third kappa shape index (κ3) is 125. The first-order valence-electron chi connectivity index (χ1n) is 1.42. The fourth-order valence-electron chi connectivity index (χ4n) is 0. The lowest BCUT2D eigenvalue weighted by molar-refractivity contribution is -0.134. The normalized spacial score (nSPS) is 4.11. The van der Waals surface area contributed by atoms with E-state index in [0.717, 1.165) is 6.92 Å². The van der Waals surface area contributed by atoms with Gasteiger partial charge in [-0.3, -0.25) is 9.59 Å². The van der Waals surface area contributed by atoms with E-state index in [-0.39, 0.29) is 18.8 Å². The summed E-state index contributed by atoms with van der Waals surface area (Å²) in [6.07, 6.45) is 0. The van der Waals surface area contributed by atoms with Crippen molar-refractivity contribution in [3.8, 4) is 0 Å². The molecule has 0 atom stereocenters. The van der Waals surface area contributed by atoms with Gasteiger partial charge in [-0.25, -0.2) is 0 Å². The van der Waals surface area contributed by atoms with Gasteiger partial charge < -0.3 is 22.5 Å². The number of carboxylic acid groups (broad SMARTS) is 2. The molecule has 0 aliphatic carbocycles. The Morgan fingerprint density at radius 1 is 1.44 bits per heavy atom. The fourth-order valence-corrected chi connectivity index (χ4v) is 0. The highest BCUT2D eigenvalue weighted by Gasteiger charge is 1.65. The van der Waals surface area contributed by atoms with Gasteiger partial charge in [-0.05, 0) is 0 Å². The summed E-state index contributed by atoms with van der Waals surface area (Å²) in [5, 5.41) is 14.3. The van der Waals surface area contributed by atoms with Gasteiger partial charge in [0.15, 0.2) is 0 Å². The maximum absolute atomic E-state index is 9.00. The topological polar surface area (TPSA) is 145 Å². The van der Waals surface area contributed by atoms with Crippen LogP contribution in [0.2, 0.25) is 0 Å². The van der Waals surface area contributed by atoms with Crippen LogP contribution in [0.15, 0.2) is 0 Å². The zero-order valence-corrected chi connectivity index (χ0v) is 5.20. The van der Waals surface area contributed by atoms with Crippen molar-refractivity contribution < 1.29 is 19.8 Å². The lowest BCUT2D eigenvalue weighted by atomic mass is 10.9. The summed E-state index contributed by atoms with van der Waals surface area (Å²) in [5.41, 5.74) is 0. The van der Waals surface area contributed by atoms with E-state index in [1.54, 1.807) is 0 Å². The average molecular weight is 140 g/mol. The van der Waals surface area contributed by atoms with Crippen molar-refractivity contribution in [3.05, 3.63) is 0 Å². The molecule has 0 saturated heterocycles. The molecule has 0 radical (unpaired) electrons. The predicted octanol–water partition coefficient (Wildman–Crippen LogP) is 0.116. The van der Waals surface area contributed by atoms with Crippen LogP contribution in [0.25, 0.3) is 0 Å². The minimum Gasteiger partial charge on any atom is -0.483 e. The summed E-state index contributed by atoms with van der Waals surface area (Å²) in [4.78, 5) is 17.4. The first-order valence-corrected chi connectivity index (χ1v) is 1.42. The largest absolute Gasteiger partial charge is 0.483 e. The monoisotopic (exact) mass is 140 g/mol. The molecule has 0 aromatic rings. The highest BCUT2D eigenvalue weighted by Crippen LogP contribution is 1.42. The van der Waals surface area contributed by atoms with Crippen LogP contribution in [0.1, 0.15) is 6.92 Å². The molecule has 0 spiro atoms. The zero-order chi connectivity index (χ0) is 6.28. The van der Waals surface area contributed by atoms with Gasteiger partial charge in [0.2, 0.25) is 0 Å². The fraction of sp³-hybridized carbons (Fsp3) is 0.333. The van der Waals surface area contributed by atoms with Gasteiger partial charge in [0, 0.05) is 6.92 Å². The van der Waals surface area contributed by atoms with E-state index in [4.69, 9.17) is 19.8 Å². The third-order valence-electron chi connectivity index (χ3n) is 0.